The van der Waals surface area contributed by atoms with Gasteiger partial charge in [0.1, 0.15) is 12.4 Å². The van der Waals surface area contributed by atoms with E-state index in [1.807, 2.05) is 4.90 Å². The first kappa shape index (κ1) is 25.0. The highest BCUT2D eigenvalue weighted by molar-refractivity contribution is 5.78. The van der Waals surface area contributed by atoms with E-state index in [4.69, 9.17) is 9.47 Å². The van der Waals surface area contributed by atoms with Crippen molar-refractivity contribution < 1.29 is 27.4 Å². The van der Waals surface area contributed by atoms with Crippen molar-refractivity contribution in [1.29, 1.82) is 0 Å². The van der Waals surface area contributed by atoms with E-state index in [0.717, 1.165) is 38.4 Å². The van der Waals surface area contributed by atoms with Gasteiger partial charge in [0.25, 0.3) is 0 Å². The summed E-state index contributed by atoms with van der Waals surface area (Å²) in [4.78, 5) is 20.3. The summed E-state index contributed by atoms with van der Waals surface area (Å²) >= 11 is 0. The Kier molecular flexibility index (Phi) is 7.73. The van der Waals surface area contributed by atoms with Crippen molar-refractivity contribution in [2.24, 2.45) is 0 Å². The summed E-state index contributed by atoms with van der Waals surface area (Å²) in [6.45, 7) is 4.54. The van der Waals surface area contributed by atoms with Crippen LogP contribution in [0.3, 0.4) is 0 Å². The Morgan fingerprint density at radius 3 is 2.67 bits per heavy atom. The number of benzene rings is 1. The number of aromatic nitrogens is 1. The van der Waals surface area contributed by atoms with Crippen molar-refractivity contribution in [3.05, 3.63) is 59.2 Å². The van der Waals surface area contributed by atoms with Gasteiger partial charge in [0.05, 0.1) is 19.8 Å². The molecule has 0 radical (unpaired) electrons. The van der Waals surface area contributed by atoms with Crippen LogP contribution in [0.25, 0.3) is 0 Å². The second kappa shape index (κ2) is 11.1. The van der Waals surface area contributed by atoms with Crippen LogP contribution >= 0.6 is 0 Å². The maximum atomic E-state index is 14.6. The van der Waals surface area contributed by atoms with Gasteiger partial charge in [0.2, 0.25) is 11.9 Å². The van der Waals surface area contributed by atoms with E-state index in [2.05, 4.69) is 15.2 Å². The average Bonchev–Trinajstić information content (AvgIpc) is 3.64. The van der Waals surface area contributed by atoms with Gasteiger partial charge in [0.15, 0.2) is 11.6 Å². The summed E-state index contributed by atoms with van der Waals surface area (Å²) in [5, 5.41) is 3.60. The molecule has 3 heterocycles. The van der Waals surface area contributed by atoms with Crippen molar-refractivity contribution in [1.82, 2.24) is 20.1 Å². The van der Waals surface area contributed by atoms with Gasteiger partial charge in [-0.2, -0.15) is 4.39 Å². The van der Waals surface area contributed by atoms with Crippen LogP contribution < -0.4 is 10.1 Å². The lowest BCUT2D eigenvalue weighted by Gasteiger charge is -2.35. The van der Waals surface area contributed by atoms with E-state index in [0.29, 0.717) is 38.4 Å². The normalized spacial score (nSPS) is 23.0. The molecule has 0 unspecified atom stereocenters. The zero-order valence-electron chi connectivity index (χ0n) is 20.1. The Morgan fingerprint density at radius 1 is 1.14 bits per heavy atom. The third-order valence-electron chi connectivity index (χ3n) is 7.20. The van der Waals surface area contributed by atoms with Gasteiger partial charge in [-0.05, 0) is 37.5 Å². The summed E-state index contributed by atoms with van der Waals surface area (Å²) in [5.74, 6) is -2.13. The smallest absolute Gasteiger partial charge is 0.236 e. The second-order valence-corrected chi connectivity index (χ2v) is 9.71. The maximum absolute atomic E-state index is 14.6. The van der Waals surface area contributed by atoms with E-state index >= 15 is 0 Å². The van der Waals surface area contributed by atoms with E-state index in [1.165, 1.54) is 18.3 Å². The molecule has 194 valence electrons. The van der Waals surface area contributed by atoms with E-state index in [-0.39, 0.29) is 41.8 Å². The second-order valence-electron chi connectivity index (χ2n) is 9.71. The fourth-order valence-corrected chi connectivity index (χ4v) is 5.06. The fourth-order valence-electron chi connectivity index (χ4n) is 5.06. The molecular formula is C26H31F3N4O3. The summed E-state index contributed by atoms with van der Waals surface area (Å²) in [6.07, 6.45) is 3.73. The molecule has 1 saturated carbocycles. The van der Waals surface area contributed by atoms with Gasteiger partial charge in [-0.25, -0.2) is 13.8 Å². The van der Waals surface area contributed by atoms with Crippen molar-refractivity contribution in [3.8, 4) is 5.75 Å². The number of likely N-dealkylation sites (tertiary alicyclic amines) is 1. The molecule has 0 bridgehead atoms. The van der Waals surface area contributed by atoms with Gasteiger partial charge in [-0.1, -0.05) is 0 Å². The predicted octanol–water partition coefficient (Wildman–Crippen LogP) is 2.85. The Balaban J connectivity index is 1.14. The molecule has 0 spiro atoms. The van der Waals surface area contributed by atoms with Gasteiger partial charge in [0, 0.05) is 67.6 Å². The predicted molar refractivity (Wildman–Crippen MR) is 126 cm³/mol. The summed E-state index contributed by atoms with van der Waals surface area (Å²) in [7, 11) is 0. The first-order valence-electron chi connectivity index (χ1n) is 12.5. The van der Waals surface area contributed by atoms with Crippen molar-refractivity contribution in [3.63, 3.8) is 0 Å². The van der Waals surface area contributed by atoms with Crippen molar-refractivity contribution in [2.75, 3.05) is 45.9 Å². The molecule has 1 amide bonds. The van der Waals surface area contributed by atoms with Crippen LogP contribution in [0.2, 0.25) is 0 Å². The Labute approximate surface area is 208 Å². The first-order valence-corrected chi connectivity index (χ1v) is 12.5. The molecular weight excluding hydrogens is 473 g/mol. The van der Waals surface area contributed by atoms with E-state index in [9.17, 15) is 18.0 Å². The zero-order valence-corrected chi connectivity index (χ0v) is 20.1. The highest BCUT2D eigenvalue weighted by atomic mass is 19.1. The minimum absolute atomic E-state index is 0.0440. The number of hydrogen-bond donors (Lipinski definition) is 1. The van der Waals surface area contributed by atoms with Crippen LogP contribution in [-0.4, -0.2) is 78.7 Å². The Hall–Kier alpha value is -2.69. The summed E-state index contributed by atoms with van der Waals surface area (Å²) in [5.41, 5.74) is 0.653. The van der Waals surface area contributed by atoms with Gasteiger partial charge in [-0.3, -0.25) is 9.69 Å². The van der Waals surface area contributed by atoms with Crippen LogP contribution in [0, 0.1) is 17.6 Å². The molecule has 1 aromatic heterocycles. The highest BCUT2D eigenvalue weighted by Gasteiger charge is 2.42. The lowest BCUT2D eigenvalue weighted by atomic mass is 10.0. The van der Waals surface area contributed by atoms with Crippen LogP contribution in [0.15, 0.2) is 30.5 Å². The van der Waals surface area contributed by atoms with Crippen molar-refractivity contribution in [2.45, 2.75) is 43.9 Å². The number of piperidine rings is 1. The number of hydrogen-bond acceptors (Lipinski definition) is 6. The average molecular weight is 505 g/mol. The largest absolute Gasteiger partial charge is 0.485 e. The van der Waals surface area contributed by atoms with Crippen LogP contribution in [0.1, 0.15) is 36.3 Å². The molecule has 2 saturated heterocycles. The molecule has 2 aliphatic heterocycles. The number of nitrogens with one attached hydrogen (secondary N) is 1. The molecule has 10 heteroatoms. The molecule has 36 heavy (non-hydrogen) atoms. The number of morpholine rings is 1. The molecule has 5 rings (SSSR count). The number of halogens is 3. The molecule has 2 atom stereocenters. The third kappa shape index (κ3) is 5.99. The van der Waals surface area contributed by atoms with Crippen LogP contribution in [0.4, 0.5) is 13.2 Å². The molecule has 2 aromatic rings. The Bertz CT molecular complexity index is 1070. The quantitative estimate of drug-likeness (QED) is 0.558. The fraction of sp³-hybridized carbons (Fsp3) is 0.538. The number of amides is 1. The SMILES string of the molecule is O=C(CN1CCOCC1)N1CCC(N[C@@H]2C[C@H]2c2cc(F)cc(F)c2OCc2cccnc2F)CC1. The standard InChI is InChI=1S/C26H31F3N4O3/c27-18-12-21(25(22(28)13-18)36-16-17-2-1-5-30-26(17)29)20-14-23(20)31-19-3-6-33(7-4-19)24(34)15-32-8-10-35-11-9-32/h1-2,5,12-13,19-20,23,31H,3-4,6-11,14-16H2/t20-,23+/m0/s1. The van der Waals surface area contributed by atoms with E-state index in [1.54, 1.807) is 6.07 Å². The van der Waals surface area contributed by atoms with Crippen LogP contribution in [-0.2, 0) is 16.1 Å². The van der Waals surface area contributed by atoms with Gasteiger partial charge < -0.3 is 19.7 Å². The highest BCUT2D eigenvalue weighted by Crippen LogP contribution is 2.46. The number of rotatable bonds is 8. The van der Waals surface area contributed by atoms with Crippen LogP contribution in [0.5, 0.6) is 5.75 Å². The Morgan fingerprint density at radius 2 is 1.92 bits per heavy atom. The molecule has 3 fully saturated rings. The van der Waals surface area contributed by atoms with Gasteiger partial charge >= 0.3 is 0 Å². The lowest BCUT2D eigenvalue weighted by molar-refractivity contribution is -0.134. The monoisotopic (exact) mass is 504 g/mol. The zero-order chi connectivity index (χ0) is 25.1. The summed E-state index contributed by atoms with van der Waals surface area (Å²) in [6, 6.07) is 5.49. The number of carbonyl (C=O) groups is 1. The van der Waals surface area contributed by atoms with Crippen molar-refractivity contribution >= 4 is 5.91 Å². The number of nitrogens with zero attached hydrogens (tertiary/aromatic N) is 3. The number of carbonyl (C=O) groups excluding carboxylic acids is 1. The number of pyridine rings is 1. The molecule has 1 N–H and O–H groups in total. The number of ether oxygens (including phenoxy) is 2. The van der Waals surface area contributed by atoms with Gasteiger partial charge in [-0.15, -0.1) is 0 Å². The van der Waals surface area contributed by atoms with E-state index < -0.39 is 17.6 Å². The minimum atomic E-state index is -0.799. The molecule has 3 aliphatic rings. The molecule has 1 aliphatic carbocycles. The maximum Gasteiger partial charge on any atom is 0.236 e. The topological polar surface area (TPSA) is 66.9 Å². The summed E-state index contributed by atoms with van der Waals surface area (Å²) < 4.78 is 53.5. The minimum Gasteiger partial charge on any atom is -0.485 e. The molecule has 7 nitrogen and oxygen atoms in total. The first-order chi connectivity index (χ1) is 17.5. The lowest BCUT2D eigenvalue weighted by Crippen LogP contribution is -2.49. The molecule has 1 aromatic carbocycles. The third-order valence-corrected chi connectivity index (χ3v) is 7.20.